The summed E-state index contributed by atoms with van der Waals surface area (Å²) in [6.45, 7) is 10.3. The molecule has 0 atom stereocenters. The monoisotopic (exact) mass is 282 g/mol. The van der Waals surface area contributed by atoms with Crippen LogP contribution in [0.4, 0.5) is 0 Å². The van der Waals surface area contributed by atoms with Crippen LogP contribution in [0.1, 0.15) is 59.8 Å². The molecule has 0 spiro atoms. The fourth-order valence-electron chi connectivity index (χ4n) is 4.24. The Labute approximate surface area is 122 Å². The summed E-state index contributed by atoms with van der Waals surface area (Å²) < 4.78 is 5.31. The van der Waals surface area contributed by atoms with Crippen molar-refractivity contribution in [2.24, 2.45) is 16.6 Å². The molecular formula is C16H30N2O2. The lowest BCUT2D eigenvalue weighted by molar-refractivity contribution is -0.131. The molecule has 1 amide bonds. The van der Waals surface area contributed by atoms with Gasteiger partial charge in [-0.15, -0.1) is 0 Å². The highest BCUT2D eigenvalue weighted by Gasteiger charge is 2.42. The maximum atomic E-state index is 12.5. The largest absolute Gasteiger partial charge is 0.381 e. The summed E-state index contributed by atoms with van der Waals surface area (Å²) in [6, 6.07) is 0.240. The standard InChI is InChI=1S/C16H30N2O2/c1-14(2)9-12(10-15(3,4)11-14)18-13(19)16(17)5-7-20-8-6-16/h12H,5-11,17H2,1-4H3,(H,18,19). The number of amides is 1. The van der Waals surface area contributed by atoms with Gasteiger partial charge in [0.15, 0.2) is 0 Å². The van der Waals surface area contributed by atoms with Crippen LogP contribution in [0, 0.1) is 10.8 Å². The average molecular weight is 282 g/mol. The highest BCUT2D eigenvalue weighted by atomic mass is 16.5. The van der Waals surface area contributed by atoms with E-state index in [1.807, 2.05) is 0 Å². The van der Waals surface area contributed by atoms with Crippen molar-refractivity contribution >= 4 is 5.91 Å². The third kappa shape index (κ3) is 3.73. The van der Waals surface area contributed by atoms with E-state index in [0.29, 0.717) is 26.1 Å². The van der Waals surface area contributed by atoms with Crippen LogP contribution in [0.5, 0.6) is 0 Å². The summed E-state index contributed by atoms with van der Waals surface area (Å²) in [4.78, 5) is 12.5. The third-order valence-electron chi connectivity index (χ3n) is 4.73. The second kappa shape index (κ2) is 5.30. The molecule has 3 N–H and O–H groups in total. The van der Waals surface area contributed by atoms with Gasteiger partial charge < -0.3 is 15.8 Å². The van der Waals surface area contributed by atoms with E-state index in [-0.39, 0.29) is 22.8 Å². The minimum atomic E-state index is -0.732. The van der Waals surface area contributed by atoms with Crippen LogP contribution in [0.25, 0.3) is 0 Å². The average Bonchev–Trinajstić information content (AvgIpc) is 2.25. The predicted molar refractivity (Wildman–Crippen MR) is 80.3 cm³/mol. The van der Waals surface area contributed by atoms with Gasteiger partial charge in [-0.25, -0.2) is 0 Å². The Morgan fingerprint density at radius 3 is 2.10 bits per heavy atom. The first kappa shape index (κ1) is 15.8. The fraction of sp³-hybridized carbons (Fsp3) is 0.938. The number of nitrogens with one attached hydrogen (secondary N) is 1. The number of nitrogens with two attached hydrogens (primary N) is 1. The first-order valence-electron chi connectivity index (χ1n) is 7.80. The summed E-state index contributed by atoms with van der Waals surface area (Å²) >= 11 is 0. The minimum Gasteiger partial charge on any atom is -0.381 e. The molecule has 1 saturated carbocycles. The molecule has 0 aromatic carbocycles. The number of hydrogen-bond donors (Lipinski definition) is 2. The first-order chi connectivity index (χ1) is 9.12. The normalized spacial score (nSPS) is 28.9. The predicted octanol–water partition coefficient (Wildman–Crippen LogP) is 2.22. The number of ether oxygens (including phenoxy) is 1. The van der Waals surface area contributed by atoms with Gasteiger partial charge in [-0.1, -0.05) is 27.7 Å². The second-order valence-electron chi connectivity index (χ2n) is 8.35. The maximum absolute atomic E-state index is 12.5. The second-order valence-corrected chi connectivity index (χ2v) is 8.35. The molecule has 2 aliphatic rings. The maximum Gasteiger partial charge on any atom is 0.240 e. The van der Waals surface area contributed by atoms with Gasteiger partial charge in [0, 0.05) is 19.3 Å². The quantitative estimate of drug-likeness (QED) is 0.816. The zero-order valence-corrected chi connectivity index (χ0v) is 13.4. The SMILES string of the molecule is CC1(C)CC(NC(=O)C2(N)CCOCC2)CC(C)(C)C1. The highest BCUT2D eigenvalue weighted by molar-refractivity contribution is 5.86. The van der Waals surface area contributed by atoms with Crippen molar-refractivity contribution in [3.8, 4) is 0 Å². The van der Waals surface area contributed by atoms with Gasteiger partial charge >= 0.3 is 0 Å². The van der Waals surface area contributed by atoms with E-state index in [9.17, 15) is 4.79 Å². The van der Waals surface area contributed by atoms with Crippen LogP contribution in [-0.4, -0.2) is 30.7 Å². The van der Waals surface area contributed by atoms with E-state index in [0.717, 1.165) is 12.8 Å². The van der Waals surface area contributed by atoms with Crippen LogP contribution in [-0.2, 0) is 9.53 Å². The summed E-state index contributed by atoms with van der Waals surface area (Å²) in [5.41, 5.74) is 6.08. The summed E-state index contributed by atoms with van der Waals surface area (Å²) in [5.74, 6) is 0.0132. The van der Waals surface area contributed by atoms with Gasteiger partial charge in [0.05, 0.1) is 5.54 Å². The van der Waals surface area contributed by atoms with Crippen LogP contribution < -0.4 is 11.1 Å². The molecule has 4 heteroatoms. The minimum absolute atomic E-state index is 0.0132. The van der Waals surface area contributed by atoms with E-state index < -0.39 is 5.54 Å². The van der Waals surface area contributed by atoms with Crippen molar-refractivity contribution in [1.29, 1.82) is 0 Å². The van der Waals surface area contributed by atoms with E-state index >= 15 is 0 Å². The van der Waals surface area contributed by atoms with Gasteiger partial charge in [-0.3, -0.25) is 4.79 Å². The van der Waals surface area contributed by atoms with E-state index in [1.165, 1.54) is 6.42 Å². The third-order valence-corrected chi connectivity index (χ3v) is 4.73. The number of hydrogen-bond acceptors (Lipinski definition) is 3. The first-order valence-corrected chi connectivity index (χ1v) is 7.80. The van der Waals surface area contributed by atoms with Crippen molar-refractivity contribution in [3.63, 3.8) is 0 Å². The number of carbonyl (C=O) groups excluding carboxylic acids is 1. The van der Waals surface area contributed by atoms with Gasteiger partial charge in [-0.2, -0.15) is 0 Å². The van der Waals surface area contributed by atoms with E-state index in [1.54, 1.807) is 0 Å². The molecule has 0 aromatic rings. The van der Waals surface area contributed by atoms with Crippen LogP contribution in [0.15, 0.2) is 0 Å². The Hall–Kier alpha value is -0.610. The molecule has 1 aliphatic carbocycles. The van der Waals surface area contributed by atoms with Crippen LogP contribution >= 0.6 is 0 Å². The lowest BCUT2D eigenvalue weighted by atomic mass is 9.63. The fourth-order valence-corrected chi connectivity index (χ4v) is 4.24. The van der Waals surface area contributed by atoms with Crippen molar-refractivity contribution < 1.29 is 9.53 Å². The molecule has 0 unspecified atom stereocenters. The molecule has 1 saturated heterocycles. The smallest absolute Gasteiger partial charge is 0.240 e. The zero-order valence-electron chi connectivity index (χ0n) is 13.4. The lowest BCUT2D eigenvalue weighted by Crippen LogP contribution is -2.60. The van der Waals surface area contributed by atoms with Gasteiger partial charge in [0.1, 0.15) is 0 Å². The summed E-state index contributed by atoms with van der Waals surface area (Å²) in [5, 5.41) is 3.22. The molecule has 2 fully saturated rings. The number of rotatable bonds is 2. The van der Waals surface area contributed by atoms with E-state index in [4.69, 9.17) is 10.5 Å². The van der Waals surface area contributed by atoms with Crippen LogP contribution in [0.3, 0.4) is 0 Å². The molecule has 116 valence electrons. The summed E-state index contributed by atoms with van der Waals surface area (Å²) in [6.07, 6.45) is 4.52. The van der Waals surface area contributed by atoms with Gasteiger partial charge in [0.25, 0.3) is 0 Å². The van der Waals surface area contributed by atoms with Crippen molar-refractivity contribution in [1.82, 2.24) is 5.32 Å². The molecule has 1 aliphatic heterocycles. The Balaban J connectivity index is 2.00. The lowest BCUT2D eigenvalue weighted by Gasteiger charge is -2.46. The molecule has 20 heavy (non-hydrogen) atoms. The van der Waals surface area contributed by atoms with Gasteiger partial charge in [-0.05, 0) is 42.9 Å². The van der Waals surface area contributed by atoms with Crippen molar-refractivity contribution in [2.75, 3.05) is 13.2 Å². The molecule has 2 rings (SSSR count). The molecular weight excluding hydrogens is 252 g/mol. The molecule has 0 radical (unpaired) electrons. The Bertz CT molecular complexity index is 355. The van der Waals surface area contributed by atoms with Crippen molar-refractivity contribution in [3.05, 3.63) is 0 Å². The zero-order chi connectivity index (χ0) is 15.0. The Morgan fingerprint density at radius 1 is 1.10 bits per heavy atom. The van der Waals surface area contributed by atoms with Gasteiger partial charge in [0.2, 0.25) is 5.91 Å². The summed E-state index contributed by atoms with van der Waals surface area (Å²) in [7, 11) is 0. The molecule has 0 bridgehead atoms. The van der Waals surface area contributed by atoms with Crippen molar-refractivity contribution in [2.45, 2.75) is 71.4 Å². The topological polar surface area (TPSA) is 64.4 Å². The van der Waals surface area contributed by atoms with Crippen LogP contribution in [0.2, 0.25) is 0 Å². The molecule has 4 nitrogen and oxygen atoms in total. The Kier molecular flexibility index (Phi) is 4.18. The molecule has 0 aromatic heterocycles. The van der Waals surface area contributed by atoms with E-state index in [2.05, 4.69) is 33.0 Å². The Morgan fingerprint density at radius 2 is 1.60 bits per heavy atom. The molecule has 1 heterocycles. The highest BCUT2D eigenvalue weighted by Crippen LogP contribution is 2.45. The number of carbonyl (C=O) groups is 1.